The van der Waals surface area contributed by atoms with Crippen LogP contribution in [0.3, 0.4) is 0 Å². The van der Waals surface area contributed by atoms with E-state index in [1.807, 2.05) is 26.0 Å². The summed E-state index contributed by atoms with van der Waals surface area (Å²) in [4.78, 5) is 25.9. The Balaban J connectivity index is 1.26. The van der Waals surface area contributed by atoms with Crippen LogP contribution < -0.4 is 16.0 Å². The Morgan fingerprint density at radius 2 is 1.48 bits per heavy atom. The molecule has 0 aliphatic carbocycles. The highest BCUT2D eigenvalue weighted by atomic mass is 16.5. The first kappa shape index (κ1) is 27.1. The van der Waals surface area contributed by atoms with E-state index in [1.165, 1.54) is 17.5 Å². The first-order valence-corrected chi connectivity index (χ1v) is 13.7. The van der Waals surface area contributed by atoms with E-state index in [9.17, 15) is 4.79 Å². The molecule has 0 radical (unpaired) electrons. The normalized spacial score (nSPS) is 13.9. The SMILES string of the molecule is CC(C)COC(=O)c1ccc(Nc2ncnc(N3CCN(C(c4ccccc4)c4ccccc4)CC3)c2N)cc1. The van der Waals surface area contributed by atoms with Crippen LogP contribution in [-0.2, 0) is 4.74 Å². The van der Waals surface area contributed by atoms with Crippen LogP contribution >= 0.6 is 0 Å². The van der Waals surface area contributed by atoms with Crippen molar-refractivity contribution in [3.8, 4) is 0 Å². The number of carbonyl (C=O) groups excluding carboxylic acids is 1. The number of hydrogen-bond acceptors (Lipinski definition) is 8. The van der Waals surface area contributed by atoms with Crippen molar-refractivity contribution in [2.75, 3.05) is 48.7 Å². The van der Waals surface area contributed by atoms with Crippen LogP contribution in [-0.4, -0.2) is 53.6 Å². The molecule has 0 bridgehead atoms. The number of ether oxygens (including phenoxy) is 1. The van der Waals surface area contributed by atoms with Gasteiger partial charge in [-0.05, 0) is 41.3 Å². The molecule has 0 unspecified atom stereocenters. The smallest absolute Gasteiger partial charge is 0.338 e. The van der Waals surface area contributed by atoms with Crippen molar-refractivity contribution in [2.24, 2.45) is 5.92 Å². The van der Waals surface area contributed by atoms with Crippen molar-refractivity contribution in [2.45, 2.75) is 19.9 Å². The van der Waals surface area contributed by atoms with Gasteiger partial charge in [0, 0.05) is 31.9 Å². The Bertz CT molecular complexity index is 1350. The minimum atomic E-state index is -0.329. The lowest BCUT2D eigenvalue weighted by Crippen LogP contribution is -2.48. The van der Waals surface area contributed by atoms with Gasteiger partial charge in [-0.3, -0.25) is 4.90 Å². The maximum atomic E-state index is 12.2. The summed E-state index contributed by atoms with van der Waals surface area (Å²) in [5.74, 6) is 1.22. The highest BCUT2D eigenvalue weighted by molar-refractivity contribution is 5.90. The summed E-state index contributed by atoms with van der Waals surface area (Å²) in [6.07, 6.45) is 1.54. The van der Waals surface area contributed by atoms with Crippen LogP contribution in [0.4, 0.5) is 23.0 Å². The van der Waals surface area contributed by atoms with Gasteiger partial charge in [-0.25, -0.2) is 14.8 Å². The number of nitrogens with two attached hydrogens (primary N) is 1. The van der Waals surface area contributed by atoms with Crippen molar-refractivity contribution in [1.82, 2.24) is 14.9 Å². The van der Waals surface area contributed by atoms with E-state index in [1.54, 1.807) is 12.1 Å². The average Bonchev–Trinajstić information content (AvgIpc) is 2.99. The molecule has 0 amide bonds. The van der Waals surface area contributed by atoms with Gasteiger partial charge >= 0.3 is 5.97 Å². The zero-order valence-corrected chi connectivity index (χ0v) is 23.0. The number of piperazine rings is 1. The quantitative estimate of drug-likeness (QED) is 0.270. The van der Waals surface area contributed by atoms with Crippen molar-refractivity contribution in [1.29, 1.82) is 0 Å². The second kappa shape index (κ2) is 12.6. The third kappa shape index (κ3) is 6.40. The van der Waals surface area contributed by atoms with Crippen LogP contribution in [0.1, 0.15) is 41.4 Å². The van der Waals surface area contributed by atoms with Crippen LogP contribution in [0, 0.1) is 5.92 Å². The summed E-state index contributed by atoms with van der Waals surface area (Å²) in [5.41, 5.74) is 10.9. The minimum Gasteiger partial charge on any atom is -0.462 e. The van der Waals surface area contributed by atoms with E-state index in [0.717, 1.165) is 37.7 Å². The number of nitrogens with zero attached hydrogens (tertiary/aromatic N) is 4. The van der Waals surface area contributed by atoms with Crippen LogP contribution in [0.2, 0.25) is 0 Å². The number of nitrogen functional groups attached to an aromatic ring is 1. The number of nitrogens with one attached hydrogen (secondary N) is 1. The zero-order valence-electron chi connectivity index (χ0n) is 23.0. The fourth-order valence-electron chi connectivity index (χ4n) is 4.97. The highest BCUT2D eigenvalue weighted by Crippen LogP contribution is 2.33. The lowest BCUT2D eigenvalue weighted by Gasteiger charge is -2.40. The van der Waals surface area contributed by atoms with Gasteiger partial charge in [-0.2, -0.15) is 0 Å². The van der Waals surface area contributed by atoms with Gasteiger partial charge in [0.1, 0.15) is 12.0 Å². The van der Waals surface area contributed by atoms with E-state index in [2.05, 4.69) is 85.7 Å². The molecule has 8 nitrogen and oxygen atoms in total. The van der Waals surface area contributed by atoms with Crippen LogP contribution in [0.25, 0.3) is 0 Å². The molecular weight excluding hydrogens is 500 g/mol. The molecule has 1 aliphatic rings. The molecule has 40 heavy (non-hydrogen) atoms. The van der Waals surface area contributed by atoms with E-state index < -0.39 is 0 Å². The summed E-state index contributed by atoms with van der Waals surface area (Å²) >= 11 is 0. The molecule has 8 heteroatoms. The van der Waals surface area contributed by atoms with E-state index >= 15 is 0 Å². The van der Waals surface area contributed by atoms with Crippen molar-refractivity contribution in [3.63, 3.8) is 0 Å². The molecule has 3 N–H and O–H groups in total. The van der Waals surface area contributed by atoms with Gasteiger partial charge in [-0.1, -0.05) is 74.5 Å². The van der Waals surface area contributed by atoms with Gasteiger partial charge in [0.05, 0.1) is 18.2 Å². The topological polar surface area (TPSA) is 96.6 Å². The van der Waals surface area contributed by atoms with E-state index in [-0.39, 0.29) is 17.9 Å². The minimum absolute atomic E-state index is 0.190. The lowest BCUT2D eigenvalue weighted by molar-refractivity contribution is 0.0459. The monoisotopic (exact) mass is 536 g/mol. The standard InChI is InChI=1S/C32H36N6O2/c1-23(2)21-40-32(39)26-13-15-27(16-14-26)36-30-28(33)31(35-22-34-30)38-19-17-37(18-20-38)29(24-9-5-3-6-10-24)25-11-7-4-8-12-25/h3-16,22-23,29H,17-21,33H2,1-2H3,(H,34,35,36). The van der Waals surface area contributed by atoms with E-state index in [4.69, 9.17) is 10.5 Å². The number of carbonyl (C=O) groups is 1. The Labute approximate surface area is 235 Å². The largest absolute Gasteiger partial charge is 0.462 e. The number of benzene rings is 3. The number of aromatic nitrogens is 2. The number of hydrogen-bond donors (Lipinski definition) is 2. The Kier molecular flexibility index (Phi) is 8.56. The molecule has 0 spiro atoms. The number of anilines is 4. The molecule has 206 valence electrons. The molecule has 1 saturated heterocycles. The summed E-state index contributed by atoms with van der Waals surface area (Å²) in [6, 6.07) is 28.6. The first-order chi connectivity index (χ1) is 19.5. The van der Waals surface area contributed by atoms with Gasteiger partial charge in [0.25, 0.3) is 0 Å². The number of rotatable bonds is 9. The molecular formula is C32H36N6O2. The number of esters is 1. The predicted octanol–water partition coefficient (Wildman–Crippen LogP) is 5.53. The fourth-order valence-corrected chi connectivity index (χ4v) is 4.97. The van der Waals surface area contributed by atoms with Gasteiger partial charge in [0.15, 0.2) is 11.6 Å². The van der Waals surface area contributed by atoms with Crippen molar-refractivity contribution < 1.29 is 9.53 Å². The van der Waals surface area contributed by atoms with Gasteiger partial charge < -0.3 is 20.7 Å². The molecule has 4 aromatic rings. The summed E-state index contributed by atoms with van der Waals surface area (Å²) < 4.78 is 5.31. The fraction of sp³-hybridized carbons (Fsp3) is 0.281. The molecule has 0 saturated carbocycles. The zero-order chi connectivity index (χ0) is 27.9. The van der Waals surface area contributed by atoms with Crippen molar-refractivity contribution in [3.05, 3.63) is 108 Å². The lowest BCUT2D eigenvalue weighted by atomic mass is 9.96. The third-order valence-corrected chi connectivity index (χ3v) is 7.00. The maximum Gasteiger partial charge on any atom is 0.338 e. The van der Waals surface area contributed by atoms with Gasteiger partial charge in [0.2, 0.25) is 0 Å². The molecule has 0 atom stereocenters. The molecule has 1 fully saturated rings. The second-order valence-corrected chi connectivity index (χ2v) is 10.4. The maximum absolute atomic E-state index is 12.2. The Morgan fingerprint density at radius 3 is 2.05 bits per heavy atom. The molecule has 5 rings (SSSR count). The van der Waals surface area contributed by atoms with Gasteiger partial charge in [-0.15, -0.1) is 0 Å². The molecule has 1 aromatic heterocycles. The second-order valence-electron chi connectivity index (χ2n) is 10.4. The third-order valence-electron chi connectivity index (χ3n) is 7.00. The Hall–Kier alpha value is -4.43. The summed E-state index contributed by atoms with van der Waals surface area (Å²) in [6.45, 7) is 7.74. The van der Waals surface area contributed by atoms with Crippen LogP contribution in [0.15, 0.2) is 91.3 Å². The molecule has 3 aromatic carbocycles. The first-order valence-electron chi connectivity index (χ1n) is 13.7. The average molecular weight is 537 g/mol. The van der Waals surface area contributed by atoms with Crippen molar-refractivity contribution >= 4 is 29.0 Å². The molecule has 1 aliphatic heterocycles. The molecule has 2 heterocycles. The predicted molar refractivity (Wildman–Crippen MR) is 160 cm³/mol. The highest BCUT2D eigenvalue weighted by Gasteiger charge is 2.28. The van der Waals surface area contributed by atoms with Crippen LogP contribution in [0.5, 0.6) is 0 Å². The van der Waals surface area contributed by atoms with E-state index in [0.29, 0.717) is 23.7 Å². The Morgan fingerprint density at radius 1 is 0.875 bits per heavy atom. The summed E-state index contributed by atoms with van der Waals surface area (Å²) in [5, 5.41) is 3.27. The summed E-state index contributed by atoms with van der Waals surface area (Å²) in [7, 11) is 0.